The molecule has 0 bridgehead atoms. The second-order valence-electron chi connectivity index (χ2n) is 2.42. The van der Waals surface area contributed by atoms with Crippen molar-refractivity contribution in [3.8, 4) is 0 Å². The molecule has 1 N–H and O–H groups in total. The lowest BCUT2D eigenvalue weighted by molar-refractivity contribution is 0.223. The highest BCUT2D eigenvalue weighted by Crippen LogP contribution is 2.20. The molecule has 9 heavy (non-hydrogen) atoms. The molecule has 0 aliphatic heterocycles. The molecule has 0 aromatic carbocycles. The third-order valence-corrected chi connectivity index (χ3v) is 1.60. The number of allylic oxidation sites excluding steroid dienone is 2. The van der Waals surface area contributed by atoms with E-state index < -0.39 is 0 Å². The molecule has 1 rings (SSSR count). The summed E-state index contributed by atoms with van der Waals surface area (Å²) in [7, 11) is 0. The molecule has 1 atom stereocenters. The van der Waals surface area contributed by atoms with E-state index in [0.717, 1.165) is 19.3 Å². The standard InChI is InChI=1S/C8H12O/c1-2-3-7-4-5-8(9)6-7/h2,6,8-9H,1,3-5H2. The SMILES string of the molecule is C=CCC1=CC(O)CC1. The Morgan fingerprint density at radius 2 is 2.67 bits per heavy atom. The Labute approximate surface area is 55.7 Å². The molecular formula is C8H12O. The van der Waals surface area contributed by atoms with E-state index in [1.54, 1.807) is 0 Å². The van der Waals surface area contributed by atoms with Gasteiger partial charge in [0.05, 0.1) is 6.10 Å². The zero-order valence-electron chi connectivity index (χ0n) is 5.51. The molecule has 1 nitrogen and oxygen atoms in total. The van der Waals surface area contributed by atoms with Gasteiger partial charge in [-0.1, -0.05) is 17.7 Å². The van der Waals surface area contributed by atoms with Crippen LogP contribution in [0.4, 0.5) is 0 Å². The van der Waals surface area contributed by atoms with Gasteiger partial charge in [0.15, 0.2) is 0 Å². The highest BCUT2D eigenvalue weighted by atomic mass is 16.3. The van der Waals surface area contributed by atoms with Crippen LogP contribution in [0.2, 0.25) is 0 Å². The van der Waals surface area contributed by atoms with Gasteiger partial charge in [-0.3, -0.25) is 0 Å². The summed E-state index contributed by atoms with van der Waals surface area (Å²) in [6.45, 7) is 3.63. The lowest BCUT2D eigenvalue weighted by atomic mass is 10.2. The number of hydrogen-bond donors (Lipinski definition) is 1. The Balaban J connectivity index is 2.41. The topological polar surface area (TPSA) is 20.2 Å². The van der Waals surface area contributed by atoms with Crippen LogP contribution in [0.15, 0.2) is 24.3 Å². The Hall–Kier alpha value is -0.560. The molecule has 0 heterocycles. The molecule has 1 aliphatic rings. The second kappa shape index (κ2) is 2.83. The van der Waals surface area contributed by atoms with Crippen molar-refractivity contribution in [1.29, 1.82) is 0 Å². The van der Waals surface area contributed by atoms with Crippen molar-refractivity contribution < 1.29 is 5.11 Å². The lowest BCUT2D eigenvalue weighted by Gasteiger charge is -1.90. The minimum Gasteiger partial charge on any atom is -0.389 e. The van der Waals surface area contributed by atoms with Gasteiger partial charge in [-0.05, 0) is 19.3 Å². The zero-order chi connectivity index (χ0) is 6.69. The van der Waals surface area contributed by atoms with Crippen molar-refractivity contribution in [3.63, 3.8) is 0 Å². The highest BCUT2D eigenvalue weighted by molar-refractivity contribution is 5.14. The third-order valence-electron chi connectivity index (χ3n) is 1.60. The summed E-state index contributed by atoms with van der Waals surface area (Å²) >= 11 is 0. The largest absolute Gasteiger partial charge is 0.389 e. The number of aliphatic hydroxyl groups is 1. The van der Waals surface area contributed by atoms with Crippen molar-refractivity contribution in [3.05, 3.63) is 24.3 Å². The molecule has 1 aliphatic carbocycles. The first kappa shape index (κ1) is 6.56. The second-order valence-corrected chi connectivity index (χ2v) is 2.42. The van der Waals surface area contributed by atoms with Gasteiger partial charge in [0.25, 0.3) is 0 Å². The van der Waals surface area contributed by atoms with Crippen LogP contribution < -0.4 is 0 Å². The highest BCUT2D eigenvalue weighted by Gasteiger charge is 2.10. The van der Waals surface area contributed by atoms with Gasteiger partial charge >= 0.3 is 0 Å². The molecule has 1 heteroatoms. The van der Waals surface area contributed by atoms with E-state index in [1.807, 2.05) is 12.2 Å². The first-order chi connectivity index (χ1) is 4.33. The predicted molar refractivity (Wildman–Crippen MR) is 38.1 cm³/mol. The monoisotopic (exact) mass is 124 g/mol. The zero-order valence-corrected chi connectivity index (χ0v) is 5.51. The van der Waals surface area contributed by atoms with Crippen LogP contribution in [0.5, 0.6) is 0 Å². The predicted octanol–water partition coefficient (Wildman–Crippen LogP) is 1.64. The first-order valence-corrected chi connectivity index (χ1v) is 3.31. The summed E-state index contributed by atoms with van der Waals surface area (Å²) in [5.41, 5.74) is 1.33. The summed E-state index contributed by atoms with van der Waals surface area (Å²) in [6, 6.07) is 0. The maximum absolute atomic E-state index is 9.02. The Bertz CT molecular complexity index is 136. The Morgan fingerprint density at radius 1 is 1.89 bits per heavy atom. The summed E-state index contributed by atoms with van der Waals surface area (Å²) in [5.74, 6) is 0. The van der Waals surface area contributed by atoms with Crippen molar-refractivity contribution in [1.82, 2.24) is 0 Å². The van der Waals surface area contributed by atoms with Crippen LogP contribution in [0.1, 0.15) is 19.3 Å². The molecule has 0 radical (unpaired) electrons. The van der Waals surface area contributed by atoms with Crippen LogP contribution in [-0.2, 0) is 0 Å². The van der Waals surface area contributed by atoms with E-state index in [4.69, 9.17) is 5.11 Å². The van der Waals surface area contributed by atoms with E-state index in [9.17, 15) is 0 Å². The molecular weight excluding hydrogens is 112 g/mol. The maximum Gasteiger partial charge on any atom is 0.0726 e. The quantitative estimate of drug-likeness (QED) is 0.555. The smallest absolute Gasteiger partial charge is 0.0726 e. The van der Waals surface area contributed by atoms with E-state index in [-0.39, 0.29) is 6.10 Å². The fourth-order valence-electron chi connectivity index (χ4n) is 1.13. The summed E-state index contributed by atoms with van der Waals surface area (Å²) in [4.78, 5) is 0. The van der Waals surface area contributed by atoms with Crippen LogP contribution in [-0.4, -0.2) is 11.2 Å². The van der Waals surface area contributed by atoms with Crippen molar-refractivity contribution in [2.24, 2.45) is 0 Å². The molecule has 0 aromatic heterocycles. The number of rotatable bonds is 2. The molecule has 0 spiro atoms. The normalized spacial score (nSPS) is 25.9. The molecule has 0 aromatic rings. The Morgan fingerprint density at radius 3 is 3.11 bits per heavy atom. The fourth-order valence-corrected chi connectivity index (χ4v) is 1.13. The summed E-state index contributed by atoms with van der Waals surface area (Å²) in [6.07, 6.45) is 6.53. The minimum atomic E-state index is -0.181. The van der Waals surface area contributed by atoms with Crippen LogP contribution in [0.3, 0.4) is 0 Å². The first-order valence-electron chi connectivity index (χ1n) is 3.31. The third kappa shape index (κ3) is 1.68. The van der Waals surface area contributed by atoms with Crippen molar-refractivity contribution >= 4 is 0 Å². The van der Waals surface area contributed by atoms with Crippen molar-refractivity contribution in [2.45, 2.75) is 25.4 Å². The molecule has 0 amide bonds. The maximum atomic E-state index is 9.02. The average molecular weight is 124 g/mol. The van der Waals surface area contributed by atoms with E-state index >= 15 is 0 Å². The van der Waals surface area contributed by atoms with Crippen molar-refractivity contribution in [2.75, 3.05) is 0 Å². The Kier molecular flexibility index (Phi) is 2.06. The van der Waals surface area contributed by atoms with Gasteiger partial charge in [-0.25, -0.2) is 0 Å². The van der Waals surface area contributed by atoms with E-state index in [2.05, 4.69) is 6.58 Å². The molecule has 0 saturated heterocycles. The van der Waals surface area contributed by atoms with E-state index in [0.29, 0.717) is 0 Å². The van der Waals surface area contributed by atoms with Crippen LogP contribution in [0, 0.1) is 0 Å². The van der Waals surface area contributed by atoms with Gasteiger partial charge in [0.1, 0.15) is 0 Å². The number of aliphatic hydroxyl groups excluding tert-OH is 1. The summed E-state index contributed by atoms with van der Waals surface area (Å²) in [5, 5.41) is 9.02. The fraction of sp³-hybridized carbons (Fsp3) is 0.500. The van der Waals surface area contributed by atoms with Gasteiger partial charge in [-0.2, -0.15) is 0 Å². The summed E-state index contributed by atoms with van der Waals surface area (Å²) < 4.78 is 0. The number of hydrogen-bond acceptors (Lipinski definition) is 1. The molecule has 50 valence electrons. The van der Waals surface area contributed by atoms with Gasteiger partial charge in [0.2, 0.25) is 0 Å². The molecule has 0 saturated carbocycles. The van der Waals surface area contributed by atoms with E-state index in [1.165, 1.54) is 5.57 Å². The lowest BCUT2D eigenvalue weighted by Crippen LogP contribution is -1.93. The van der Waals surface area contributed by atoms with Gasteiger partial charge in [-0.15, -0.1) is 6.58 Å². The van der Waals surface area contributed by atoms with Crippen LogP contribution >= 0.6 is 0 Å². The minimum absolute atomic E-state index is 0.181. The molecule has 0 fully saturated rings. The van der Waals surface area contributed by atoms with Crippen LogP contribution in [0.25, 0.3) is 0 Å². The van der Waals surface area contributed by atoms with Gasteiger partial charge in [0, 0.05) is 0 Å². The molecule has 1 unspecified atom stereocenters. The van der Waals surface area contributed by atoms with Gasteiger partial charge < -0.3 is 5.11 Å². The average Bonchev–Trinajstić information content (AvgIpc) is 2.17.